The minimum absolute atomic E-state index is 0.168. The highest BCUT2D eigenvalue weighted by molar-refractivity contribution is 6.01. The van der Waals surface area contributed by atoms with Gasteiger partial charge in [-0.3, -0.25) is 9.69 Å². The minimum atomic E-state index is -2.27. The van der Waals surface area contributed by atoms with Crippen LogP contribution in [0.15, 0.2) is 0 Å². The molecule has 0 aromatic carbocycles. The lowest BCUT2D eigenvalue weighted by Gasteiger charge is -2.31. The number of ether oxygens (including phenoxy) is 1. The average molecular weight is 426 g/mol. The maximum absolute atomic E-state index is 12.8. The van der Waals surface area contributed by atoms with Crippen molar-refractivity contribution >= 4 is 17.7 Å². The van der Waals surface area contributed by atoms with Crippen molar-refractivity contribution in [2.75, 3.05) is 32.8 Å². The first-order valence-electron chi connectivity index (χ1n) is 10.0. The molecule has 3 unspecified atom stereocenters. The number of morpholine rings is 1. The zero-order valence-electron chi connectivity index (χ0n) is 17.3. The van der Waals surface area contributed by atoms with Crippen molar-refractivity contribution in [3.8, 4) is 0 Å². The highest BCUT2D eigenvalue weighted by Gasteiger charge is 2.33. The molecule has 1 aromatic heterocycles. The molecule has 168 valence electrons. The van der Waals surface area contributed by atoms with Crippen LogP contribution in [0, 0.1) is 12.8 Å². The van der Waals surface area contributed by atoms with Gasteiger partial charge >= 0.3 is 11.9 Å². The van der Waals surface area contributed by atoms with Gasteiger partial charge in [0.1, 0.15) is 0 Å². The number of fused-ring (bicyclic) bond motifs is 1. The summed E-state index contributed by atoms with van der Waals surface area (Å²) in [4.78, 5) is 38.1. The van der Waals surface area contributed by atoms with E-state index < -0.39 is 24.1 Å². The first-order valence-corrected chi connectivity index (χ1v) is 10.0. The van der Waals surface area contributed by atoms with Crippen molar-refractivity contribution in [1.82, 2.24) is 9.88 Å². The maximum atomic E-state index is 12.8. The summed E-state index contributed by atoms with van der Waals surface area (Å²) in [5, 5.41) is 32.5. The lowest BCUT2D eigenvalue weighted by Crippen LogP contribution is -2.42. The van der Waals surface area contributed by atoms with E-state index >= 15 is 0 Å². The molecule has 0 amide bonds. The standard InChI is InChI=1S/C16H24N2O2.C4H6O6/c1-3-13-11(2)17-14-5-4-12(16(19)15(13)14)10-18-6-8-20-9-7-18;5-1(3(7)8)2(6)4(9)10/h12,17H,3-10H2,1-2H3;1-2,5-6H,(H,7,8)(H,9,10). The summed E-state index contributed by atoms with van der Waals surface area (Å²) in [6.07, 6.45) is -1.60. The third-order valence-electron chi connectivity index (χ3n) is 5.50. The Morgan fingerprint density at radius 3 is 2.23 bits per heavy atom. The fourth-order valence-corrected chi connectivity index (χ4v) is 3.85. The van der Waals surface area contributed by atoms with E-state index in [4.69, 9.17) is 25.2 Å². The molecular weight excluding hydrogens is 396 g/mol. The summed E-state index contributed by atoms with van der Waals surface area (Å²) in [7, 11) is 0. The maximum Gasteiger partial charge on any atom is 0.335 e. The van der Waals surface area contributed by atoms with Gasteiger partial charge in [-0.05, 0) is 31.7 Å². The van der Waals surface area contributed by atoms with Crippen molar-refractivity contribution in [2.24, 2.45) is 5.92 Å². The summed E-state index contributed by atoms with van der Waals surface area (Å²) in [5.74, 6) is -3.01. The minimum Gasteiger partial charge on any atom is -0.479 e. The molecule has 3 rings (SSSR count). The van der Waals surface area contributed by atoms with Crippen LogP contribution >= 0.6 is 0 Å². The number of carboxylic acid groups (broad SMARTS) is 2. The second kappa shape index (κ2) is 10.7. The van der Waals surface area contributed by atoms with Crippen LogP contribution in [0.3, 0.4) is 0 Å². The molecule has 0 spiro atoms. The number of aromatic nitrogens is 1. The molecular formula is C20H30N2O8. The molecule has 10 nitrogen and oxygen atoms in total. The molecule has 2 aliphatic rings. The van der Waals surface area contributed by atoms with Crippen LogP contribution < -0.4 is 0 Å². The van der Waals surface area contributed by atoms with E-state index in [2.05, 4.69) is 23.7 Å². The van der Waals surface area contributed by atoms with Gasteiger partial charge in [-0.25, -0.2) is 9.59 Å². The van der Waals surface area contributed by atoms with Crippen LogP contribution in [0.5, 0.6) is 0 Å². The van der Waals surface area contributed by atoms with Crippen molar-refractivity contribution in [1.29, 1.82) is 0 Å². The molecule has 0 saturated carbocycles. The number of aliphatic carboxylic acids is 2. The van der Waals surface area contributed by atoms with E-state index in [0.29, 0.717) is 5.78 Å². The highest BCUT2D eigenvalue weighted by atomic mass is 16.5. The van der Waals surface area contributed by atoms with Crippen LogP contribution in [-0.4, -0.2) is 93.1 Å². The number of carboxylic acids is 2. The molecule has 1 aliphatic heterocycles. The quantitative estimate of drug-likeness (QED) is 0.416. The number of carbonyl (C=O) groups is 3. The summed E-state index contributed by atoms with van der Waals surface area (Å²) in [6, 6.07) is 0. The van der Waals surface area contributed by atoms with E-state index in [9.17, 15) is 14.4 Å². The van der Waals surface area contributed by atoms with Gasteiger partial charge in [0.25, 0.3) is 0 Å². The molecule has 0 bridgehead atoms. The van der Waals surface area contributed by atoms with Gasteiger partial charge in [-0.2, -0.15) is 0 Å². The summed E-state index contributed by atoms with van der Waals surface area (Å²) >= 11 is 0. The Morgan fingerprint density at radius 2 is 1.73 bits per heavy atom. The van der Waals surface area contributed by atoms with Crippen LogP contribution in [0.25, 0.3) is 0 Å². The summed E-state index contributed by atoms with van der Waals surface area (Å²) in [6.45, 7) is 8.64. The number of Topliss-reactive ketones (excluding diaryl/α,β-unsaturated/α-hetero) is 1. The molecule has 0 radical (unpaired) electrons. The van der Waals surface area contributed by atoms with E-state index in [1.165, 1.54) is 17.0 Å². The number of ketones is 1. The first-order chi connectivity index (χ1) is 14.2. The third kappa shape index (κ3) is 5.66. The zero-order chi connectivity index (χ0) is 22.4. The van der Waals surface area contributed by atoms with E-state index in [-0.39, 0.29) is 5.92 Å². The van der Waals surface area contributed by atoms with Crippen LogP contribution in [0.2, 0.25) is 0 Å². The third-order valence-corrected chi connectivity index (χ3v) is 5.50. The SMILES string of the molecule is CCc1c(C)[nH]c2c1C(=O)C(CN1CCOCC1)CC2.O=C(O)C(O)C(O)C(=O)O. The Labute approximate surface area is 174 Å². The average Bonchev–Trinajstić information content (AvgIpc) is 3.06. The first kappa shape index (κ1) is 24.0. The van der Waals surface area contributed by atoms with Gasteiger partial charge in [0, 0.05) is 42.5 Å². The van der Waals surface area contributed by atoms with Crippen molar-refractivity contribution in [3.63, 3.8) is 0 Å². The van der Waals surface area contributed by atoms with Crippen molar-refractivity contribution < 1.29 is 39.5 Å². The molecule has 3 atom stereocenters. The van der Waals surface area contributed by atoms with Gasteiger partial charge in [0.05, 0.1) is 13.2 Å². The van der Waals surface area contributed by atoms with Crippen LogP contribution in [0.4, 0.5) is 0 Å². The zero-order valence-corrected chi connectivity index (χ0v) is 17.3. The topological polar surface area (TPSA) is 160 Å². The lowest BCUT2D eigenvalue weighted by molar-refractivity contribution is -0.165. The van der Waals surface area contributed by atoms with Gasteiger partial charge in [-0.1, -0.05) is 6.92 Å². The molecule has 1 fully saturated rings. The Balaban J connectivity index is 0.000000274. The largest absolute Gasteiger partial charge is 0.479 e. The Kier molecular flexibility index (Phi) is 8.54. The number of aliphatic hydroxyl groups is 2. The molecule has 10 heteroatoms. The Hall–Kier alpha value is -2.27. The van der Waals surface area contributed by atoms with Crippen molar-refractivity contribution in [3.05, 3.63) is 22.5 Å². The van der Waals surface area contributed by atoms with Gasteiger partial charge < -0.3 is 30.1 Å². The fourth-order valence-electron chi connectivity index (χ4n) is 3.85. The predicted octanol–water partition coefficient (Wildman–Crippen LogP) is -0.160. The van der Waals surface area contributed by atoms with Crippen LogP contribution in [0.1, 0.15) is 40.7 Å². The normalized spacial score (nSPS) is 21.2. The highest BCUT2D eigenvalue weighted by Crippen LogP contribution is 2.30. The number of nitrogens with one attached hydrogen (secondary N) is 1. The molecule has 30 heavy (non-hydrogen) atoms. The molecule has 1 saturated heterocycles. The van der Waals surface area contributed by atoms with Crippen LogP contribution in [-0.2, 0) is 27.2 Å². The number of nitrogens with zero attached hydrogens (tertiary/aromatic N) is 1. The monoisotopic (exact) mass is 426 g/mol. The molecule has 5 N–H and O–H groups in total. The van der Waals surface area contributed by atoms with Gasteiger partial charge in [0.15, 0.2) is 18.0 Å². The molecule has 1 aromatic rings. The second-order valence-corrected chi connectivity index (χ2v) is 7.51. The summed E-state index contributed by atoms with van der Waals surface area (Å²) < 4.78 is 5.38. The number of H-pyrrole nitrogens is 1. The Bertz CT molecular complexity index is 751. The number of aromatic amines is 1. The Morgan fingerprint density at radius 1 is 1.17 bits per heavy atom. The number of aryl methyl sites for hydroxylation is 2. The number of carbonyl (C=O) groups excluding carboxylic acids is 1. The smallest absolute Gasteiger partial charge is 0.335 e. The number of rotatable bonds is 6. The molecule has 2 heterocycles. The van der Waals surface area contributed by atoms with E-state index in [1.54, 1.807) is 0 Å². The predicted molar refractivity (Wildman–Crippen MR) is 106 cm³/mol. The van der Waals surface area contributed by atoms with E-state index in [1.807, 2.05) is 0 Å². The van der Waals surface area contributed by atoms with Gasteiger partial charge in [-0.15, -0.1) is 0 Å². The molecule has 1 aliphatic carbocycles. The number of hydrogen-bond acceptors (Lipinski definition) is 7. The second-order valence-electron chi connectivity index (χ2n) is 7.51. The van der Waals surface area contributed by atoms with Crippen molar-refractivity contribution in [2.45, 2.75) is 45.3 Å². The number of hydrogen-bond donors (Lipinski definition) is 5. The fraction of sp³-hybridized carbons (Fsp3) is 0.650. The van der Waals surface area contributed by atoms with E-state index in [0.717, 1.165) is 57.7 Å². The lowest BCUT2D eigenvalue weighted by atomic mass is 9.83. The number of aliphatic hydroxyl groups excluding tert-OH is 2. The van der Waals surface area contributed by atoms with Gasteiger partial charge in [0.2, 0.25) is 0 Å². The summed E-state index contributed by atoms with van der Waals surface area (Å²) in [5.41, 5.74) is 4.59.